The molecule has 0 bridgehead atoms. The molecule has 2 heterocycles. The summed E-state index contributed by atoms with van der Waals surface area (Å²) in [5.74, 6) is 2.64. The minimum atomic E-state index is -0.456. The SMILES string of the molecule is CC(C)C(C)c1cc(N2CCN(C(=O)OC(C)(C)C)CC2)no1.O=CO. The van der Waals surface area contributed by atoms with E-state index in [4.69, 9.17) is 19.2 Å². The van der Waals surface area contributed by atoms with Crippen LogP contribution in [0.3, 0.4) is 0 Å². The van der Waals surface area contributed by atoms with Gasteiger partial charge >= 0.3 is 6.09 Å². The monoisotopic (exact) mass is 369 g/mol. The maximum Gasteiger partial charge on any atom is 0.410 e. The molecule has 1 atom stereocenters. The van der Waals surface area contributed by atoms with Crippen molar-refractivity contribution in [2.75, 3.05) is 31.1 Å². The second-order valence-corrected chi connectivity index (χ2v) is 7.68. The number of anilines is 1. The second-order valence-electron chi connectivity index (χ2n) is 7.68. The average molecular weight is 369 g/mol. The van der Waals surface area contributed by atoms with Crippen molar-refractivity contribution in [2.45, 2.75) is 53.1 Å². The standard InChI is InChI=1S/C17H29N3O3.CH2O2/c1-12(2)13(3)14-11-15(18-23-14)19-7-9-20(10-8-19)16(21)22-17(4,5)6;2-1-3/h11-13H,7-10H2,1-6H3;1H,(H,2,3). The lowest BCUT2D eigenvalue weighted by Gasteiger charge is -2.35. The zero-order valence-electron chi connectivity index (χ0n) is 16.6. The average Bonchev–Trinajstić information content (AvgIpc) is 3.03. The van der Waals surface area contributed by atoms with Gasteiger partial charge in [0.15, 0.2) is 5.82 Å². The van der Waals surface area contributed by atoms with E-state index in [2.05, 4.69) is 30.8 Å². The number of amides is 1. The van der Waals surface area contributed by atoms with Crippen LogP contribution in [-0.4, -0.2) is 59.5 Å². The molecule has 2 rings (SSSR count). The maximum atomic E-state index is 12.1. The first kappa shape index (κ1) is 21.8. The van der Waals surface area contributed by atoms with Crippen LogP contribution in [0.4, 0.5) is 10.6 Å². The van der Waals surface area contributed by atoms with Gasteiger partial charge in [0.2, 0.25) is 0 Å². The summed E-state index contributed by atoms with van der Waals surface area (Å²) in [6, 6.07) is 2.02. The van der Waals surface area contributed by atoms with Crippen LogP contribution in [0.25, 0.3) is 0 Å². The van der Waals surface area contributed by atoms with Gasteiger partial charge in [-0.3, -0.25) is 4.79 Å². The van der Waals surface area contributed by atoms with E-state index in [0.29, 0.717) is 24.9 Å². The molecule has 8 nitrogen and oxygen atoms in total. The number of carbonyl (C=O) groups excluding carboxylic acids is 1. The third-order valence-corrected chi connectivity index (χ3v) is 4.22. The Bertz CT molecular complexity index is 572. The number of hydrogen-bond donors (Lipinski definition) is 1. The first-order valence-electron chi connectivity index (χ1n) is 8.86. The smallest absolute Gasteiger partial charge is 0.410 e. The van der Waals surface area contributed by atoms with Crippen LogP contribution in [0.5, 0.6) is 0 Å². The van der Waals surface area contributed by atoms with Gasteiger partial charge in [0.25, 0.3) is 6.47 Å². The highest BCUT2D eigenvalue weighted by molar-refractivity contribution is 5.68. The Hall–Kier alpha value is -2.25. The van der Waals surface area contributed by atoms with Crippen molar-refractivity contribution >= 4 is 18.4 Å². The maximum absolute atomic E-state index is 12.1. The summed E-state index contributed by atoms with van der Waals surface area (Å²) in [5, 5.41) is 11.1. The number of ether oxygens (including phenoxy) is 1. The lowest BCUT2D eigenvalue weighted by molar-refractivity contribution is -0.122. The highest BCUT2D eigenvalue weighted by Gasteiger charge is 2.27. The van der Waals surface area contributed by atoms with E-state index in [9.17, 15) is 4.79 Å². The van der Waals surface area contributed by atoms with Crippen LogP contribution in [0, 0.1) is 5.92 Å². The fourth-order valence-electron chi connectivity index (χ4n) is 2.42. The van der Waals surface area contributed by atoms with Crippen molar-refractivity contribution in [3.05, 3.63) is 11.8 Å². The molecule has 1 amide bonds. The van der Waals surface area contributed by atoms with Gasteiger partial charge in [0, 0.05) is 38.2 Å². The Labute approximate surface area is 155 Å². The topological polar surface area (TPSA) is 96.1 Å². The first-order chi connectivity index (χ1) is 12.1. The number of carboxylic acid groups (broad SMARTS) is 1. The molecule has 0 spiro atoms. The Morgan fingerprint density at radius 3 is 2.27 bits per heavy atom. The van der Waals surface area contributed by atoms with Gasteiger partial charge in [-0.1, -0.05) is 25.9 Å². The highest BCUT2D eigenvalue weighted by atomic mass is 16.6. The lowest BCUT2D eigenvalue weighted by Crippen LogP contribution is -2.50. The molecule has 26 heavy (non-hydrogen) atoms. The van der Waals surface area contributed by atoms with Crippen molar-refractivity contribution in [1.29, 1.82) is 0 Å². The zero-order valence-corrected chi connectivity index (χ0v) is 16.6. The molecular formula is C18H31N3O5. The predicted molar refractivity (Wildman–Crippen MR) is 98.5 cm³/mol. The third kappa shape index (κ3) is 6.57. The fraction of sp³-hybridized carbons (Fsp3) is 0.722. The molecule has 1 aliphatic heterocycles. The Morgan fingerprint density at radius 2 is 1.81 bits per heavy atom. The van der Waals surface area contributed by atoms with Gasteiger partial charge in [-0.2, -0.15) is 0 Å². The van der Waals surface area contributed by atoms with Gasteiger partial charge in [-0.05, 0) is 26.7 Å². The van der Waals surface area contributed by atoms with Gasteiger partial charge in [-0.15, -0.1) is 0 Å². The van der Waals surface area contributed by atoms with E-state index in [-0.39, 0.29) is 12.6 Å². The van der Waals surface area contributed by atoms with Crippen LogP contribution in [0.15, 0.2) is 10.6 Å². The number of nitrogens with zero attached hydrogens (tertiary/aromatic N) is 3. The van der Waals surface area contributed by atoms with E-state index in [1.807, 2.05) is 26.8 Å². The van der Waals surface area contributed by atoms with Crippen molar-refractivity contribution < 1.29 is 24.0 Å². The third-order valence-electron chi connectivity index (χ3n) is 4.22. The molecule has 1 unspecified atom stereocenters. The molecule has 0 saturated carbocycles. The normalized spacial score (nSPS) is 16.0. The van der Waals surface area contributed by atoms with E-state index < -0.39 is 5.60 Å². The van der Waals surface area contributed by atoms with Crippen LogP contribution in [-0.2, 0) is 9.53 Å². The van der Waals surface area contributed by atoms with Crippen LogP contribution >= 0.6 is 0 Å². The Morgan fingerprint density at radius 1 is 1.27 bits per heavy atom. The molecule has 0 aliphatic carbocycles. The van der Waals surface area contributed by atoms with Gasteiger partial charge in [0.05, 0.1) is 0 Å². The molecule has 0 radical (unpaired) electrons. The summed E-state index contributed by atoms with van der Waals surface area (Å²) in [7, 11) is 0. The van der Waals surface area contributed by atoms with Crippen molar-refractivity contribution in [1.82, 2.24) is 10.1 Å². The summed E-state index contributed by atoms with van der Waals surface area (Å²) in [4.78, 5) is 24.3. The molecule has 1 aliphatic rings. The largest absolute Gasteiger partial charge is 0.483 e. The quantitative estimate of drug-likeness (QED) is 0.817. The number of rotatable bonds is 3. The molecule has 1 aromatic rings. The van der Waals surface area contributed by atoms with Gasteiger partial charge in [-0.25, -0.2) is 4.79 Å². The van der Waals surface area contributed by atoms with Crippen LogP contribution in [0.1, 0.15) is 53.2 Å². The Kier molecular flexibility index (Phi) is 7.92. The summed E-state index contributed by atoms with van der Waals surface area (Å²) < 4.78 is 10.9. The van der Waals surface area contributed by atoms with Crippen molar-refractivity contribution in [3.63, 3.8) is 0 Å². The minimum absolute atomic E-state index is 0.244. The van der Waals surface area contributed by atoms with Crippen molar-refractivity contribution in [2.24, 2.45) is 5.92 Å². The molecule has 8 heteroatoms. The minimum Gasteiger partial charge on any atom is -0.483 e. The molecule has 1 aromatic heterocycles. The second kappa shape index (κ2) is 9.45. The van der Waals surface area contributed by atoms with E-state index in [1.54, 1.807) is 4.90 Å². The number of aromatic nitrogens is 1. The van der Waals surface area contributed by atoms with E-state index in [0.717, 1.165) is 24.7 Å². The molecule has 148 valence electrons. The number of carbonyl (C=O) groups is 2. The zero-order chi connectivity index (χ0) is 19.9. The summed E-state index contributed by atoms with van der Waals surface area (Å²) >= 11 is 0. The van der Waals surface area contributed by atoms with Gasteiger partial charge < -0.3 is 24.2 Å². The fourth-order valence-corrected chi connectivity index (χ4v) is 2.42. The Balaban J connectivity index is 0.00000105. The van der Waals surface area contributed by atoms with Crippen molar-refractivity contribution in [3.8, 4) is 0 Å². The van der Waals surface area contributed by atoms with E-state index in [1.165, 1.54) is 0 Å². The molecule has 1 N–H and O–H groups in total. The summed E-state index contributed by atoms with van der Waals surface area (Å²) in [5.41, 5.74) is -0.456. The summed E-state index contributed by atoms with van der Waals surface area (Å²) in [6.45, 7) is 14.6. The van der Waals surface area contributed by atoms with Gasteiger partial charge in [0.1, 0.15) is 11.4 Å². The number of hydrogen-bond acceptors (Lipinski definition) is 6. The lowest BCUT2D eigenvalue weighted by atomic mass is 9.96. The number of piperazine rings is 1. The summed E-state index contributed by atoms with van der Waals surface area (Å²) in [6.07, 6.45) is -0.244. The predicted octanol–water partition coefficient (Wildman–Crippen LogP) is 3.19. The first-order valence-corrected chi connectivity index (χ1v) is 8.86. The van der Waals surface area contributed by atoms with Crippen LogP contribution < -0.4 is 4.90 Å². The molecular weight excluding hydrogens is 338 g/mol. The van der Waals surface area contributed by atoms with Crippen LogP contribution in [0.2, 0.25) is 0 Å². The molecule has 0 aromatic carbocycles. The highest BCUT2D eigenvalue weighted by Crippen LogP contribution is 2.27. The molecule has 1 fully saturated rings. The molecule has 1 saturated heterocycles. The van der Waals surface area contributed by atoms with E-state index >= 15 is 0 Å².